The quantitative estimate of drug-likeness (QED) is 0.347. The molecule has 1 fully saturated rings. The zero-order chi connectivity index (χ0) is 6.91. The van der Waals surface area contributed by atoms with Crippen molar-refractivity contribution in [3.63, 3.8) is 0 Å². The minimum absolute atomic E-state index is 0. The Hall–Kier alpha value is 0.500. The molecule has 0 amide bonds. The van der Waals surface area contributed by atoms with Gasteiger partial charge in [0.2, 0.25) is 10.0 Å². The van der Waals surface area contributed by atoms with Crippen LogP contribution in [-0.4, -0.2) is 51.4 Å². The van der Waals surface area contributed by atoms with Crippen LogP contribution in [0.2, 0.25) is 0 Å². The summed E-state index contributed by atoms with van der Waals surface area (Å²) in [6, 6.07) is 0. The van der Waals surface area contributed by atoms with E-state index in [2.05, 4.69) is 0 Å². The molecule has 1 N–H and O–H groups in total. The molecule has 0 heterocycles. The molecule has 1 aliphatic carbocycles. The van der Waals surface area contributed by atoms with Gasteiger partial charge in [0.25, 0.3) is 0 Å². The standard InChI is InChI=1S/C4H6N2O2S.Ca/c5-3-6-9(7,8)4-1-2-4;/h4,6H,1-2H2;. The molecule has 10 heavy (non-hydrogen) atoms. The second-order valence-electron chi connectivity index (χ2n) is 1.96. The molecule has 1 rings (SSSR count). The summed E-state index contributed by atoms with van der Waals surface area (Å²) in [5.41, 5.74) is 0. The number of hydrogen-bond donors (Lipinski definition) is 1. The Balaban J connectivity index is 0.000000810. The summed E-state index contributed by atoms with van der Waals surface area (Å²) in [4.78, 5) is 0. The molecule has 0 bridgehead atoms. The second-order valence-corrected chi connectivity index (χ2v) is 3.92. The van der Waals surface area contributed by atoms with Gasteiger partial charge in [0.05, 0.1) is 5.25 Å². The van der Waals surface area contributed by atoms with E-state index in [9.17, 15) is 8.42 Å². The monoisotopic (exact) mass is 186 g/mol. The molecule has 2 radical (unpaired) electrons. The third-order valence-electron chi connectivity index (χ3n) is 1.15. The van der Waals surface area contributed by atoms with Crippen LogP contribution in [-0.2, 0) is 10.0 Å². The Morgan fingerprint density at radius 1 is 1.50 bits per heavy atom. The summed E-state index contributed by atoms with van der Waals surface area (Å²) in [5, 5.41) is 7.64. The van der Waals surface area contributed by atoms with E-state index < -0.39 is 10.0 Å². The van der Waals surface area contributed by atoms with Gasteiger partial charge in [-0.05, 0) is 12.8 Å². The SMILES string of the molecule is N#CNS(=O)(=O)C1CC1.[Ca]. The van der Waals surface area contributed by atoms with Crippen molar-refractivity contribution < 1.29 is 8.42 Å². The number of nitrogens with one attached hydrogen (secondary N) is 1. The van der Waals surface area contributed by atoms with Crippen LogP contribution >= 0.6 is 0 Å². The van der Waals surface area contributed by atoms with Crippen molar-refractivity contribution >= 4 is 47.8 Å². The molecule has 0 atom stereocenters. The molecule has 0 aromatic carbocycles. The predicted octanol–water partition coefficient (Wildman–Crippen LogP) is -0.832. The van der Waals surface area contributed by atoms with E-state index in [4.69, 9.17) is 5.26 Å². The number of nitriles is 1. The molecule has 0 saturated heterocycles. The fourth-order valence-corrected chi connectivity index (χ4v) is 1.58. The van der Waals surface area contributed by atoms with Crippen molar-refractivity contribution in [2.24, 2.45) is 0 Å². The largest absolute Gasteiger partial charge is 0.243 e. The third kappa shape index (κ3) is 2.62. The maximum Gasteiger partial charge on any atom is 0.243 e. The molecule has 0 unspecified atom stereocenters. The maximum absolute atomic E-state index is 10.7. The maximum atomic E-state index is 10.7. The minimum Gasteiger partial charge on any atom is -0.219 e. The van der Waals surface area contributed by atoms with E-state index in [0.29, 0.717) is 12.8 Å². The summed E-state index contributed by atoms with van der Waals surface area (Å²) in [6.07, 6.45) is 2.77. The smallest absolute Gasteiger partial charge is 0.219 e. The van der Waals surface area contributed by atoms with Gasteiger partial charge >= 0.3 is 0 Å². The zero-order valence-electron chi connectivity index (χ0n) is 5.37. The van der Waals surface area contributed by atoms with E-state index in [-0.39, 0.29) is 43.0 Å². The first kappa shape index (κ1) is 10.5. The molecule has 4 nitrogen and oxygen atoms in total. The number of nitrogens with zero attached hydrogens (tertiary/aromatic N) is 1. The molecule has 0 aromatic rings. The summed E-state index contributed by atoms with van der Waals surface area (Å²) < 4.78 is 23.1. The van der Waals surface area contributed by atoms with Crippen LogP contribution in [0, 0.1) is 11.5 Å². The first-order valence-electron chi connectivity index (χ1n) is 2.56. The van der Waals surface area contributed by atoms with Crippen LogP contribution in [0.1, 0.15) is 12.8 Å². The van der Waals surface area contributed by atoms with Crippen molar-refractivity contribution in [2.45, 2.75) is 18.1 Å². The Morgan fingerprint density at radius 2 is 2.00 bits per heavy atom. The van der Waals surface area contributed by atoms with Gasteiger partial charge < -0.3 is 0 Å². The summed E-state index contributed by atoms with van der Waals surface area (Å²) in [7, 11) is -3.25. The molecular weight excluding hydrogens is 180 g/mol. The van der Waals surface area contributed by atoms with Gasteiger partial charge in [0, 0.05) is 37.7 Å². The molecule has 0 aliphatic heterocycles. The van der Waals surface area contributed by atoms with Gasteiger partial charge in [-0.25, -0.2) is 13.1 Å². The van der Waals surface area contributed by atoms with Crippen LogP contribution < -0.4 is 4.72 Å². The fourth-order valence-electron chi connectivity index (χ4n) is 0.525. The molecule has 52 valence electrons. The van der Waals surface area contributed by atoms with E-state index >= 15 is 0 Å². The van der Waals surface area contributed by atoms with Crippen molar-refractivity contribution in [1.82, 2.24) is 4.72 Å². The van der Waals surface area contributed by atoms with Gasteiger partial charge in [-0.1, -0.05) is 0 Å². The van der Waals surface area contributed by atoms with Crippen LogP contribution in [0.5, 0.6) is 0 Å². The van der Waals surface area contributed by atoms with Crippen LogP contribution in [0.3, 0.4) is 0 Å². The molecule has 1 aliphatic rings. The van der Waals surface area contributed by atoms with Gasteiger partial charge in [-0.15, -0.1) is 0 Å². The van der Waals surface area contributed by atoms with Crippen molar-refractivity contribution in [2.75, 3.05) is 0 Å². The van der Waals surface area contributed by atoms with E-state index in [1.807, 2.05) is 0 Å². The van der Waals surface area contributed by atoms with Crippen molar-refractivity contribution in [1.29, 1.82) is 5.26 Å². The average molecular weight is 186 g/mol. The van der Waals surface area contributed by atoms with Crippen molar-refractivity contribution in [3.05, 3.63) is 0 Å². The minimum atomic E-state index is -3.25. The Morgan fingerprint density at radius 3 is 2.30 bits per heavy atom. The van der Waals surface area contributed by atoms with Crippen LogP contribution in [0.25, 0.3) is 0 Å². The molecule has 6 heteroatoms. The van der Waals surface area contributed by atoms with Gasteiger partial charge in [-0.3, -0.25) is 0 Å². The Bertz CT molecular complexity index is 238. The molecular formula is C4H6CaN2O2S. The normalized spacial score (nSPS) is 16.7. The second kappa shape index (κ2) is 3.77. The molecule has 0 aromatic heterocycles. The zero-order valence-corrected chi connectivity index (χ0v) is 8.40. The van der Waals surface area contributed by atoms with Crippen LogP contribution in [0.15, 0.2) is 0 Å². The number of hydrogen-bond acceptors (Lipinski definition) is 3. The Kier molecular flexibility index (Phi) is 3.95. The molecule has 0 spiro atoms. The molecule has 1 saturated carbocycles. The van der Waals surface area contributed by atoms with Gasteiger partial charge in [-0.2, -0.15) is 5.26 Å². The topological polar surface area (TPSA) is 70.0 Å². The van der Waals surface area contributed by atoms with Crippen molar-refractivity contribution in [3.8, 4) is 6.19 Å². The number of sulfonamides is 1. The average Bonchev–Trinajstić information content (AvgIpc) is 2.41. The summed E-state index contributed by atoms with van der Waals surface area (Å²) in [5.74, 6) is 0. The Labute approximate surface area is 89.6 Å². The van der Waals surface area contributed by atoms with E-state index in [1.165, 1.54) is 6.19 Å². The third-order valence-corrected chi connectivity index (χ3v) is 2.88. The predicted molar refractivity (Wildman–Crippen MR) is 36.4 cm³/mol. The summed E-state index contributed by atoms with van der Waals surface area (Å²) in [6.45, 7) is 0. The number of rotatable bonds is 2. The van der Waals surface area contributed by atoms with Crippen LogP contribution in [0.4, 0.5) is 0 Å². The van der Waals surface area contributed by atoms with E-state index in [0.717, 1.165) is 0 Å². The van der Waals surface area contributed by atoms with E-state index in [1.54, 1.807) is 4.72 Å². The fraction of sp³-hybridized carbons (Fsp3) is 0.750. The first-order chi connectivity index (χ1) is 4.17. The van der Waals surface area contributed by atoms with Gasteiger partial charge in [0.1, 0.15) is 0 Å². The first-order valence-corrected chi connectivity index (χ1v) is 4.11. The summed E-state index contributed by atoms with van der Waals surface area (Å²) >= 11 is 0. The van der Waals surface area contributed by atoms with Gasteiger partial charge in [0.15, 0.2) is 6.19 Å².